The van der Waals surface area contributed by atoms with Gasteiger partial charge in [-0.15, -0.1) is 0 Å². The monoisotopic (exact) mass is 371 g/mol. The van der Waals surface area contributed by atoms with Crippen molar-refractivity contribution < 1.29 is 39.4 Å². The van der Waals surface area contributed by atoms with Crippen LogP contribution < -0.4 is 10.1 Å². The molecule has 0 amide bonds. The molecule has 1 heterocycles. The Balaban J connectivity index is 2.26. The molecule has 9 heteroatoms. The zero-order valence-corrected chi connectivity index (χ0v) is 14.8. The van der Waals surface area contributed by atoms with E-state index in [0.29, 0.717) is 18.0 Å². The molecular weight excluding hydrogens is 346 g/mol. The number of aliphatic hydroxyl groups is 3. The zero-order chi connectivity index (χ0) is 19.4. The molecule has 5 atom stereocenters. The van der Waals surface area contributed by atoms with Crippen molar-refractivity contribution in [1.82, 2.24) is 0 Å². The molecule has 0 saturated carbocycles. The third-order valence-electron chi connectivity index (χ3n) is 3.86. The summed E-state index contributed by atoms with van der Waals surface area (Å²) in [5, 5.41) is 42.0. The normalized spacial score (nSPS) is 28.8. The SMILES string of the molecule is COCc1ccc(OC2OC(C(=O)O)C(O)C(O)C2O)c(NC(C)C)c1. The summed E-state index contributed by atoms with van der Waals surface area (Å²) in [5.41, 5.74) is 1.48. The number of methoxy groups -OCH3 is 1. The third kappa shape index (κ3) is 4.63. The minimum atomic E-state index is -1.76. The lowest BCUT2D eigenvalue weighted by molar-refractivity contribution is -0.271. The first kappa shape index (κ1) is 20.4. The van der Waals surface area contributed by atoms with Gasteiger partial charge in [-0.1, -0.05) is 6.07 Å². The number of anilines is 1. The number of carbonyl (C=O) groups is 1. The van der Waals surface area contributed by atoms with Gasteiger partial charge in [0.05, 0.1) is 12.3 Å². The number of rotatable bonds is 7. The van der Waals surface area contributed by atoms with E-state index in [-0.39, 0.29) is 6.04 Å². The average molecular weight is 371 g/mol. The Morgan fingerprint density at radius 2 is 1.92 bits per heavy atom. The van der Waals surface area contributed by atoms with Gasteiger partial charge in [0, 0.05) is 13.2 Å². The zero-order valence-electron chi connectivity index (χ0n) is 14.8. The fraction of sp³-hybridized carbons (Fsp3) is 0.588. The maximum Gasteiger partial charge on any atom is 0.335 e. The average Bonchev–Trinajstić information content (AvgIpc) is 2.56. The second-order valence-electron chi connectivity index (χ2n) is 6.42. The number of hydrogen-bond acceptors (Lipinski definition) is 8. The Kier molecular flexibility index (Phi) is 6.79. The Hall–Kier alpha value is -1.91. The van der Waals surface area contributed by atoms with Gasteiger partial charge in [0.2, 0.25) is 6.29 Å². The molecule has 5 unspecified atom stereocenters. The highest BCUT2D eigenvalue weighted by Gasteiger charge is 2.48. The fourth-order valence-corrected chi connectivity index (χ4v) is 2.63. The van der Waals surface area contributed by atoms with Gasteiger partial charge in [0.15, 0.2) is 6.10 Å². The second kappa shape index (κ2) is 8.65. The van der Waals surface area contributed by atoms with Crippen LogP contribution in [0.25, 0.3) is 0 Å². The molecule has 1 aliphatic heterocycles. The highest BCUT2D eigenvalue weighted by atomic mass is 16.7. The van der Waals surface area contributed by atoms with E-state index >= 15 is 0 Å². The van der Waals surface area contributed by atoms with Crippen LogP contribution >= 0.6 is 0 Å². The second-order valence-corrected chi connectivity index (χ2v) is 6.42. The Morgan fingerprint density at radius 3 is 2.50 bits per heavy atom. The van der Waals surface area contributed by atoms with Crippen molar-refractivity contribution in [2.24, 2.45) is 0 Å². The predicted octanol–water partition coefficient (Wildman–Crippen LogP) is -0.0757. The molecule has 2 rings (SSSR count). The van der Waals surface area contributed by atoms with Crippen LogP contribution in [0.15, 0.2) is 18.2 Å². The minimum Gasteiger partial charge on any atom is -0.479 e. The quantitative estimate of drug-likeness (QED) is 0.446. The van der Waals surface area contributed by atoms with Crippen LogP contribution in [0, 0.1) is 0 Å². The lowest BCUT2D eigenvalue weighted by Gasteiger charge is -2.38. The highest BCUT2D eigenvalue weighted by molar-refractivity contribution is 5.73. The number of carboxylic acid groups (broad SMARTS) is 1. The number of hydrogen-bond donors (Lipinski definition) is 5. The van der Waals surface area contributed by atoms with Gasteiger partial charge < -0.3 is 40.0 Å². The summed E-state index contributed by atoms with van der Waals surface area (Å²) in [4.78, 5) is 11.2. The summed E-state index contributed by atoms with van der Waals surface area (Å²) in [5.74, 6) is -1.16. The molecule has 0 spiro atoms. The number of benzene rings is 1. The van der Waals surface area contributed by atoms with Gasteiger partial charge in [-0.05, 0) is 31.5 Å². The van der Waals surface area contributed by atoms with E-state index in [4.69, 9.17) is 19.3 Å². The van der Waals surface area contributed by atoms with Gasteiger partial charge >= 0.3 is 5.97 Å². The molecule has 9 nitrogen and oxygen atoms in total. The van der Waals surface area contributed by atoms with E-state index in [9.17, 15) is 20.1 Å². The van der Waals surface area contributed by atoms with Gasteiger partial charge in [-0.25, -0.2) is 4.79 Å². The van der Waals surface area contributed by atoms with Crippen molar-refractivity contribution in [3.63, 3.8) is 0 Å². The smallest absolute Gasteiger partial charge is 0.335 e. The molecule has 0 aliphatic carbocycles. The Morgan fingerprint density at radius 1 is 1.23 bits per heavy atom. The third-order valence-corrected chi connectivity index (χ3v) is 3.86. The van der Waals surface area contributed by atoms with Crippen LogP contribution in [0.4, 0.5) is 5.69 Å². The van der Waals surface area contributed by atoms with E-state index in [1.54, 1.807) is 25.3 Å². The predicted molar refractivity (Wildman–Crippen MR) is 90.9 cm³/mol. The molecule has 0 bridgehead atoms. The molecule has 1 fully saturated rings. The van der Waals surface area contributed by atoms with Crippen molar-refractivity contribution in [2.45, 2.75) is 57.2 Å². The van der Waals surface area contributed by atoms with Crippen LogP contribution in [0.5, 0.6) is 5.75 Å². The van der Waals surface area contributed by atoms with E-state index in [0.717, 1.165) is 5.56 Å². The minimum absolute atomic E-state index is 0.0755. The first-order valence-corrected chi connectivity index (χ1v) is 8.22. The van der Waals surface area contributed by atoms with Crippen LogP contribution in [0.1, 0.15) is 19.4 Å². The maximum absolute atomic E-state index is 11.2. The molecule has 1 aliphatic rings. The first-order chi connectivity index (χ1) is 12.2. The van der Waals surface area contributed by atoms with E-state index < -0.39 is 36.7 Å². The molecule has 1 aromatic carbocycles. The first-order valence-electron chi connectivity index (χ1n) is 8.22. The topological polar surface area (TPSA) is 138 Å². The molecule has 5 N–H and O–H groups in total. The van der Waals surface area contributed by atoms with Gasteiger partial charge in [0.25, 0.3) is 0 Å². The number of aliphatic hydroxyl groups excluding tert-OH is 3. The lowest BCUT2D eigenvalue weighted by Crippen LogP contribution is -2.61. The summed E-state index contributed by atoms with van der Waals surface area (Å²) >= 11 is 0. The van der Waals surface area contributed by atoms with E-state index in [1.165, 1.54) is 0 Å². The van der Waals surface area contributed by atoms with Crippen LogP contribution in [0.2, 0.25) is 0 Å². The van der Waals surface area contributed by atoms with Crippen molar-refractivity contribution in [1.29, 1.82) is 0 Å². The molecule has 146 valence electrons. The summed E-state index contributed by atoms with van der Waals surface area (Å²) in [6, 6.07) is 5.25. The summed E-state index contributed by atoms with van der Waals surface area (Å²) in [6.07, 6.45) is -8.28. The van der Waals surface area contributed by atoms with Crippen molar-refractivity contribution in [3.05, 3.63) is 23.8 Å². The van der Waals surface area contributed by atoms with Gasteiger partial charge in [0.1, 0.15) is 24.1 Å². The van der Waals surface area contributed by atoms with Crippen molar-refractivity contribution in [3.8, 4) is 5.75 Å². The molecule has 26 heavy (non-hydrogen) atoms. The maximum atomic E-state index is 11.2. The van der Waals surface area contributed by atoms with Crippen molar-refractivity contribution in [2.75, 3.05) is 12.4 Å². The number of ether oxygens (including phenoxy) is 3. The van der Waals surface area contributed by atoms with E-state index in [2.05, 4.69) is 5.32 Å². The molecule has 0 aromatic heterocycles. The highest BCUT2D eigenvalue weighted by Crippen LogP contribution is 2.31. The van der Waals surface area contributed by atoms with Crippen LogP contribution in [-0.2, 0) is 20.9 Å². The lowest BCUT2D eigenvalue weighted by atomic mass is 9.99. The van der Waals surface area contributed by atoms with Crippen molar-refractivity contribution >= 4 is 11.7 Å². The largest absolute Gasteiger partial charge is 0.479 e. The van der Waals surface area contributed by atoms with Crippen LogP contribution in [-0.4, -0.2) is 70.3 Å². The van der Waals surface area contributed by atoms with Gasteiger partial charge in [-0.3, -0.25) is 0 Å². The summed E-state index contributed by atoms with van der Waals surface area (Å²) in [7, 11) is 1.57. The fourth-order valence-electron chi connectivity index (χ4n) is 2.63. The standard InChI is InChI=1S/C17H25NO8/c1-8(2)18-10-6-9(7-24-3)4-5-11(10)25-17-14(21)12(19)13(20)15(26-17)16(22)23/h4-6,8,12-15,17-21H,7H2,1-3H3,(H,22,23). The molecule has 1 saturated heterocycles. The Bertz CT molecular complexity index is 623. The van der Waals surface area contributed by atoms with E-state index in [1.807, 2.05) is 13.8 Å². The van der Waals surface area contributed by atoms with Crippen LogP contribution in [0.3, 0.4) is 0 Å². The summed E-state index contributed by atoms with van der Waals surface area (Å²) < 4.78 is 15.9. The molecular formula is C17H25NO8. The molecule has 0 radical (unpaired) electrons. The number of aliphatic carboxylic acids is 1. The Labute approximate surface area is 151 Å². The number of nitrogens with one attached hydrogen (secondary N) is 1. The molecule has 1 aromatic rings. The summed E-state index contributed by atoms with van der Waals surface area (Å²) in [6.45, 7) is 4.25. The number of carboxylic acids is 1. The van der Waals surface area contributed by atoms with Gasteiger partial charge in [-0.2, -0.15) is 0 Å².